The topological polar surface area (TPSA) is 70.4 Å². The summed E-state index contributed by atoms with van der Waals surface area (Å²) in [5.74, 6) is 0.0678. The highest BCUT2D eigenvalue weighted by Crippen LogP contribution is 2.32. The second-order valence-electron chi connectivity index (χ2n) is 4.64. The van der Waals surface area contributed by atoms with Crippen LogP contribution in [0.25, 0.3) is 0 Å². The lowest BCUT2D eigenvalue weighted by molar-refractivity contribution is -0.116. The van der Waals surface area contributed by atoms with Crippen LogP contribution in [0.5, 0.6) is 0 Å². The number of hydrogen-bond donors (Lipinski definition) is 3. The molecule has 1 aromatic carbocycles. The van der Waals surface area contributed by atoms with Gasteiger partial charge in [-0.3, -0.25) is 4.79 Å². The Balaban J connectivity index is 2.24. The highest BCUT2D eigenvalue weighted by Gasteiger charge is 2.17. The Morgan fingerprint density at radius 3 is 2.94 bits per heavy atom. The molecule has 0 saturated heterocycles. The van der Waals surface area contributed by atoms with Gasteiger partial charge < -0.3 is 21.3 Å². The monoisotopic (exact) mass is 248 g/mol. The van der Waals surface area contributed by atoms with Crippen molar-refractivity contribution in [3.05, 3.63) is 17.7 Å². The summed E-state index contributed by atoms with van der Waals surface area (Å²) in [6, 6.07) is 3.94. The first-order chi connectivity index (χ1) is 8.61. The molecule has 98 valence electrons. The number of rotatable bonds is 4. The van der Waals surface area contributed by atoms with Crippen LogP contribution in [0.15, 0.2) is 12.1 Å². The molecule has 4 N–H and O–H groups in total. The molecule has 1 heterocycles. The molecule has 0 bridgehead atoms. The number of aryl methyl sites for hydroxylation is 1. The first kappa shape index (κ1) is 12.7. The molecule has 0 aliphatic carbocycles. The van der Waals surface area contributed by atoms with Crippen LogP contribution in [-0.2, 0) is 11.2 Å². The maximum Gasteiger partial charge on any atom is 0.224 e. The average molecular weight is 248 g/mol. The lowest BCUT2D eigenvalue weighted by atomic mass is 10.0. The Bertz CT molecular complexity index is 459. The molecule has 0 radical (unpaired) electrons. The van der Waals surface area contributed by atoms with E-state index in [2.05, 4.69) is 21.6 Å². The molecule has 1 aliphatic rings. The highest BCUT2D eigenvalue weighted by molar-refractivity contribution is 5.95. The Hall–Kier alpha value is -1.75. The Morgan fingerprint density at radius 2 is 2.22 bits per heavy atom. The van der Waals surface area contributed by atoms with Gasteiger partial charge in [0.2, 0.25) is 5.91 Å². The van der Waals surface area contributed by atoms with Crippen LogP contribution in [0.3, 0.4) is 0 Å². The number of nitrogen functional groups attached to an aromatic ring is 1. The van der Waals surface area contributed by atoms with Crippen LogP contribution in [0, 0.1) is 0 Å². The van der Waals surface area contributed by atoms with Crippen molar-refractivity contribution in [2.75, 3.05) is 43.1 Å². The number of carbonyl (C=O) groups excluding carboxylic acids is 1. The zero-order valence-corrected chi connectivity index (χ0v) is 10.9. The second-order valence-corrected chi connectivity index (χ2v) is 4.64. The van der Waals surface area contributed by atoms with Gasteiger partial charge in [0.25, 0.3) is 0 Å². The van der Waals surface area contributed by atoms with Crippen LogP contribution >= 0.6 is 0 Å². The quantitative estimate of drug-likeness (QED) is 0.690. The molecule has 1 aliphatic heterocycles. The van der Waals surface area contributed by atoms with Crippen molar-refractivity contribution in [2.45, 2.75) is 12.8 Å². The number of benzene rings is 1. The maximum atomic E-state index is 11.3. The first-order valence-corrected chi connectivity index (χ1v) is 6.20. The minimum absolute atomic E-state index is 0.0678. The summed E-state index contributed by atoms with van der Waals surface area (Å²) in [5.41, 5.74) is 9.80. The van der Waals surface area contributed by atoms with Gasteiger partial charge in [-0.2, -0.15) is 0 Å². The lowest BCUT2D eigenvalue weighted by Crippen LogP contribution is -2.28. The summed E-state index contributed by atoms with van der Waals surface area (Å²) >= 11 is 0. The van der Waals surface area contributed by atoms with E-state index in [4.69, 9.17) is 5.73 Å². The molecule has 0 aromatic heterocycles. The summed E-state index contributed by atoms with van der Waals surface area (Å²) in [6.07, 6.45) is 1.34. The van der Waals surface area contributed by atoms with Crippen LogP contribution in [0.1, 0.15) is 12.0 Å². The van der Waals surface area contributed by atoms with E-state index in [-0.39, 0.29) is 5.91 Å². The Labute approximate surface area is 107 Å². The molecule has 0 unspecified atom stereocenters. The van der Waals surface area contributed by atoms with E-state index in [0.717, 1.165) is 36.4 Å². The summed E-state index contributed by atoms with van der Waals surface area (Å²) in [6.45, 7) is 1.80. The number of fused-ring (bicyclic) bond motifs is 1. The van der Waals surface area contributed by atoms with Crippen LogP contribution < -0.4 is 21.3 Å². The molecule has 18 heavy (non-hydrogen) atoms. The van der Waals surface area contributed by atoms with Crippen molar-refractivity contribution in [1.29, 1.82) is 0 Å². The number of hydrogen-bond acceptors (Lipinski definition) is 4. The molecule has 1 amide bonds. The van der Waals surface area contributed by atoms with Crippen LogP contribution in [-0.4, -0.2) is 33.1 Å². The molecule has 0 spiro atoms. The summed E-state index contributed by atoms with van der Waals surface area (Å²) < 4.78 is 0. The number of amides is 1. The predicted molar refractivity (Wildman–Crippen MR) is 75.0 cm³/mol. The number of nitrogens with two attached hydrogens (primary N) is 1. The van der Waals surface area contributed by atoms with Gasteiger partial charge in [0.1, 0.15) is 0 Å². The van der Waals surface area contributed by atoms with Crippen molar-refractivity contribution in [2.24, 2.45) is 0 Å². The van der Waals surface area contributed by atoms with E-state index >= 15 is 0 Å². The largest absolute Gasteiger partial charge is 0.397 e. The average Bonchev–Trinajstić information content (AvgIpc) is 2.35. The van der Waals surface area contributed by atoms with Crippen molar-refractivity contribution in [1.82, 2.24) is 5.32 Å². The van der Waals surface area contributed by atoms with Gasteiger partial charge in [0.05, 0.1) is 11.4 Å². The van der Waals surface area contributed by atoms with E-state index < -0.39 is 0 Å². The fourth-order valence-electron chi connectivity index (χ4n) is 2.16. The smallest absolute Gasteiger partial charge is 0.224 e. The molecule has 5 heteroatoms. The van der Waals surface area contributed by atoms with Gasteiger partial charge in [0, 0.05) is 32.2 Å². The summed E-state index contributed by atoms with van der Waals surface area (Å²) in [7, 11) is 3.95. The van der Waals surface area contributed by atoms with Gasteiger partial charge in [-0.05, 0) is 31.2 Å². The maximum absolute atomic E-state index is 11.3. The molecule has 0 fully saturated rings. The molecule has 2 rings (SSSR count). The molecule has 0 saturated carbocycles. The summed E-state index contributed by atoms with van der Waals surface area (Å²) in [4.78, 5) is 13.5. The number of anilines is 3. The third-order valence-electron chi connectivity index (χ3n) is 3.26. The predicted octanol–water partition coefficient (Wildman–Crippen LogP) is 0.809. The third kappa shape index (κ3) is 2.56. The lowest BCUT2D eigenvalue weighted by Gasteiger charge is -2.25. The van der Waals surface area contributed by atoms with Crippen molar-refractivity contribution >= 4 is 23.0 Å². The van der Waals surface area contributed by atoms with Gasteiger partial charge in [0.15, 0.2) is 0 Å². The van der Waals surface area contributed by atoms with Crippen molar-refractivity contribution in [3.8, 4) is 0 Å². The third-order valence-corrected chi connectivity index (χ3v) is 3.26. The van der Waals surface area contributed by atoms with Crippen molar-refractivity contribution < 1.29 is 4.79 Å². The van der Waals surface area contributed by atoms with Gasteiger partial charge in [-0.25, -0.2) is 0 Å². The zero-order chi connectivity index (χ0) is 13.1. The van der Waals surface area contributed by atoms with Crippen LogP contribution in [0.4, 0.5) is 17.1 Å². The Kier molecular flexibility index (Phi) is 3.72. The second kappa shape index (κ2) is 5.27. The number of nitrogens with zero attached hydrogens (tertiary/aromatic N) is 1. The van der Waals surface area contributed by atoms with Gasteiger partial charge >= 0.3 is 0 Å². The fraction of sp³-hybridized carbons (Fsp3) is 0.462. The molecular formula is C13H20N4O. The van der Waals surface area contributed by atoms with E-state index in [1.165, 1.54) is 0 Å². The van der Waals surface area contributed by atoms with Gasteiger partial charge in [-0.15, -0.1) is 0 Å². The Morgan fingerprint density at radius 1 is 1.44 bits per heavy atom. The SMILES string of the molecule is CNCCN(C)c1cc2c(cc1N)NC(=O)CC2. The van der Waals surface area contributed by atoms with E-state index in [9.17, 15) is 4.79 Å². The molecule has 5 nitrogen and oxygen atoms in total. The standard InChI is InChI=1S/C13H20N4O/c1-15-5-6-17(2)12-7-9-3-4-13(18)16-11(9)8-10(12)14/h7-8,15H,3-6,14H2,1-2H3,(H,16,18). The number of nitrogens with one attached hydrogen (secondary N) is 2. The minimum atomic E-state index is 0.0678. The molecular weight excluding hydrogens is 228 g/mol. The van der Waals surface area contributed by atoms with Crippen molar-refractivity contribution in [3.63, 3.8) is 0 Å². The fourth-order valence-corrected chi connectivity index (χ4v) is 2.16. The van der Waals surface area contributed by atoms with E-state index in [0.29, 0.717) is 12.1 Å². The minimum Gasteiger partial charge on any atom is -0.397 e. The summed E-state index contributed by atoms with van der Waals surface area (Å²) in [5, 5.41) is 5.98. The number of carbonyl (C=O) groups is 1. The van der Waals surface area contributed by atoms with E-state index in [1.807, 2.05) is 20.2 Å². The molecule has 0 atom stereocenters. The first-order valence-electron chi connectivity index (χ1n) is 6.20. The normalized spacial score (nSPS) is 14.0. The van der Waals surface area contributed by atoms with Gasteiger partial charge in [-0.1, -0.05) is 0 Å². The zero-order valence-electron chi connectivity index (χ0n) is 10.9. The van der Waals surface area contributed by atoms with E-state index in [1.54, 1.807) is 0 Å². The number of likely N-dealkylation sites (N-methyl/N-ethyl adjacent to an activating group) is 2. The highest BCUT2D eigenvalue weighted by atomic mass is 16.1. The van der Waals surface area contributed by atoms with Crippen LogP contribution in [0.2, 0.25) is 0 Å². The molecule has 1 aromatic rings.